The number of nitrogens with two attached hydrogens (primary N) is 1. The van der Waals surface area contributed by atoms with E-state index in [2.05, 4.69) is 5.32 Å². The molecule has 0 spiro atoms. The van der Waals surface area contributed by atoms with Crippen molar-refractivity contribution in [2.24, 2.45) is 5.73 Å². The van der Waals surface area contributed by atoms with Gasteiger partial charge in [-0.2, -0.15) is 11.8 Å². The van der Waals surface area contributed by atoms with E-state index in [1.807, 2.05) is 6.26 Å². The van der Waals surface area contributed by atoms with Crippen LogP contribution in [-0.2, 0) is 9.53 Å². The highest BCUT2D eigenvalue weighted by Gasteiger charge is 2.41. The lowest BCUT2D eigenvalue weighted by Gasteiger charge is -2.22. The zero-order chi connectivity index (χ0) is 11.5. The van der Waals surface area contributed by atoms with E-state index in [0.717, 1.165) is 31.4 Å². The molecule has 2 bridgehead atoms. The molecular weight excluding hydrogens is 224 g/mol. The van der Waals surface area contributed by atoms with Crippen molar-refractivity contribution in [2.75, 3.05) is 12.0 Å². The second-order valence-corrected chi connectivity index (χ2v) is 5.60. The van der Waals surface area contributed by atoms with Crippen LogP contribution in [0.25, 0.3) is 0 Å². The van der Waals surface area contributed by atoms with Crippen LogP contribution in [0.1, 0.15) is 25.7 Å². The number of carbonyl (C=O) groups excluding carboxylic acids is 1. The third-order valence-electron chi connectivity index (χ3n) is 3.40. The Morgan fingerprint density at radius 1 is 1.62 bits per heavy atom. The van der Waals surface area contributed by atoms with E-state index in [1.54, 1.807) is 11.8 Å². The largest absolute Gasteiger partial charge is 0.373 e. The first-order valence-electron chi connectivity index (χ1n) is 5.91. The van der Waals surface area contributed by atoms with Crippen LogP contribution in [-0.4, -0.2) is 42.2 Å². The van der Waals surface area contributed by atoms with Crippen molar-refractivity contribution >= 4 is 17.7 Å². The van der Waals surface area contributed by atoms with Crippen molar-refractivity contribution in [1.29, 1.82) is 0 Å². The Balaban J connectivity index is 1.74. The molecule has 2 aliphatic heterocycles. The molecule has 4 nitrogen and oxygen atoms in total. The Bertz CT molecular complexity index is 262. The fourth-order valence-corrected chi connectivity index (χ4v) is 2.95. The number of hydrogen-bond acceptors (Lipinski definition) is 4. The summed E-state index contributed by atoms with van der Waals surface area (Å²) >= 11 is 1.72. The van der Waals surface area contributed by atoms with Gasteiger partial charge >= 0.3 is 0 Å². The predicted octanol–water partition coefficient (Wildman–Crippen LogP) is 0.503. The van der Waals surface area contributed by atoms with E-state index in [-0.39, 0.29) is 24.1 Å². The van der Waals surface area contributed by atoms with Gasteiger partial charge in [-0.15, -0.1) is 0 Å². The van der Waals surface area contributed by atoms with Crippen molar-refractivity contribution in [2.45, 2.75) is 50.0 Å². The first-order valence-corrected chi connectivity index (χ1v) is 7.30. The average Bonchev–Trinajstić information content (AvgIpc) is 2.87. The zero-order valence-corrected chi connectivity index (χ0v) is 10.5. The molecule has 2 aliphatic rings. The molecule has 0 radical (unpaired) electrons. The van der Waals surface area contributed by atoms with Crippen LogP contribution in [0.3, 0.4) is 0 Å². The third kappa shape index (κ3) is 2.70. The quantitative estimate of drug-likeness (QED) is 0.739. The summed E-state index contributed by atoms with van der Waals surface area (Å²) in [5, 5.41) is 3.02. The van der Waals surface area contributed by atoms with Gasteiger partial charge in [-0.3, -0.25) is 4.79 Å². The molecule has 92 valence electrons. The van der Waals surface area contributed by atoms with Crippen molar-refractivity contribution in [3.63, 3.8) is 0 Å². The van der Waals surface area contributed by atoms with Crippen molar-refractivity contribution in [1.82, 2.24) is 5.32 Å². The maximum Gasteiger partial charge on any atom is 0.237 e. The molecule has 0 aromatic heterocycles. The smallest absolute Gasteiger partial charge is 0.237 e. The van der Waals surface area contributed by atoms with Crippen LogP contribution in [0.2, 0.25) is 0 Å². The van der Waals surface area contributed by atoms with Crippen LogP contribution in [0.4, 0.5) is 0 Å². The molecule has 0 aromatic rings. The van der Waals surface area contributed by atoms with Gasteiger partial charge in [0.25, 0.3) is 0 Å². The van der Waals surface area contributed by atoms with Gasteiger partial charge in [-0.25, -0.2) is 0 Å². The van der Waals surface area contributed by atoms with Gasteiger partial charge in [0.1, 0.15) is 0 Å². The summed E-state index contributed by atoms with van der Waals surface area (Å²) in [5.74, 6) is 0.914. The fourth-order valence-electron chi connectivity index (χ4n) is 2.46. The number of fused-ring (bicyclic) bond motifs is 2. The molecule has 0 aromatic carbocycles. The molecule has 4 atom stereocenters. The summed E-state index contributed by atoms with van der Waals surface area (Å²) in [4.78, 5) is 11.8. The second kappa shape index (κ2) is 5.38. The molecular formula is C11H20N2O2S. The fraction of sp³-hybridized carbons (Fsp3) is 0.909. The van der Waals surface area contributed by atoms with Crippen molar-refractivity contribution in [3.05, 3.63) is 0 Å². The molecule has 1 amide bonds. The molecule has 2 rings (SSSR count). The lowest BCUT2D eigenvalue weighted by atomic mass is 9.95. The van der Waals surface area contributed by atoms with E-state index >= 15 is 0 Å². The molecule has 2 saturated heterocycles. The average molecular weight is 244 g/mol. The van der Waals surface area contributed by atoms with Gasteiger partial charge in [0.15, 0.2) is 0 Å². The van der Waals surface area contributed by atoms with Gasteiger partial charge in [0.2, 0.25) is 5.91 Å². The summed E-state index contributed by atoms with van der Waals surface area (Å²) in [5.41, 5.74) is 5.81. The minimum atomic E-state index is -0.369. The highest BCUT2D eigenvalue weighted by Crippen LogP contribution is 2.34. The molecule has 0 aliphatic carbocycles. The first-order chi connectivity index (χ1) is 7.70. The summed E-state index contributed by atoms with van der Waals surface area (Å²) in [6.07, 6.45) is 6.57. The van der Waals surface area contributed by atoms with Gasteiger partial charge in [-0.05, 0) is 37.7 Å². The van der Waals surface area contributed by atoms with Crippen LogP contribution in [0, 0.1) is 0 Å². The Labute approximate surface area is 101 Å². The molecule has 16 heavy (non-hydrogen) atoms. The second-order valence-electron chi connectivity index (χ2n) is 4.61. The number of hydrogen-bond donors (Lipinski definition) is 2. The lowest BCUT2D eigenvalue weighted by molar-refractivity contribution is -0.123. The minimum Gasteiger partial charge on any atom is -0.373 e. The number of ether oxygens (including phenoxy) is 1. The number of rotatable bonds is 5. The number of amides is 1. The van der Waals surface area contributed by atoms with Gasteiger partial charge < -0.3 is 15.8 Å². The molecule has 2 fully saturated rings. The molecule has 3 unspecified atom stereocenters. The van der Waals surface area contributed by atoms with Gasteiger partial charge in [0.05, 0.1) is 24.3 Å². The topological polar surface area (TPSA) is 64.4 Å². The summed E-state index contributed by atoms with van der Waals surface area (Å²) < 4.78 is 5.69. The molecule has 0 saturated carbocycles. The number of thioether (sulfide) groups is 1. The van der Waals surface area contributed by atoms with E-state index in [4.69, 9.17) is 10.5 Å². The standard InChI is InChI=1S/C11H20N2O2S/c1-16-5-4-8(12)11(14)13-9-6-7-2-3-10(9)15-7/h7-10H,2-6,12H2,1H3,(H,13,14)/t7?,8-,9?,10?/m1/s1. The SMILES string of the molecule is CSCC[C@@H](N)C(=O)NC1CC2CCC1O2. The Morgan fingerprint density at radius 3 is 3.00 bits per heavy atom. The first kappa shape index (κ1) is 12.2. The minimum absolute atomic E-state index is 0.0183. The van der Waals surface area contributed by atoms with Crippen LogP contribution in [0.5, 0.6) is 0 Å². The van der Waals surface area contributed by atoms with Gasteiger partial charge in [-0.1, -0.05) is 0 Å². The lowest BCUT2D eigenvalue weighted by Crippen LogP contribution is -2.48. The zero-order valence-electron chi connectivity index (χ0n) is 9.65. The third-order valence-corrected chi connectivity index (χ3v) is 4.05. The van der Waals surface area contributed by atoms with E-state index in [1.165, 1.54) is 0 Å². The maximum atomic E-state index is 11.8. The van der Waals surface area contributed by atoms with E-state index in [9.17, 15) is 4.79 Å². The van der Waals surface area contributed by atoms with Crippen LogP contribution < -0.4 is 11.1 Å². The van der Waals surface area contributed by atoms with Crippen molar-refractivity contribution in [3.8, 4) is 0 Å². The number of nitrogens with one attached hydrogen (secondary N) is 1. The number of carbonyl (C=O) groups is 1. The summed E-state index contributed by atoms with van der Waals surface area (Å²) in [6, 6.07) is -0.168. The van der Waals surface area contributed by atoms with Crippen LogP contribution >= 0.6 is 11.8 Å². The predicted molar refractivity (Wildman–Crippen MR) is 65.4 cm³/mol. The molecule has 5 heteroatoms. The monoisotopic (exact) mass is 244 g/mol. The van der Waals surface area contributed by atoms with Gasteiger partial charge in [0, 0.05) is 0 Å². The molecule has 3 N–H and O–H groups in total. The van der Waals surface area contributed by atoms with Crippen molar-refractivity contribution < 1.29 is 9.53 Å². The molecule has 2 heterocycles. The summed E-state index contributed by atoms with van der Waals surface area (Å²) in [6.45, 7) is 0. The summed E-state index contributed by atoms with van der Waals surface area (Å²) in [7, 11) is 0. The Hall–Kier alpha value is -0.260. The van der Waals surface area contributed by atoms with Crippen LogP contribution in [0.15, 0.2) is 0 Å². The maximum absolute atomic E-state index is 11.8. The highest BCUT2D eigenvalue weighted by molar-refractivity contribution is 7.98. The van der Waals surface area contributed by atoms with E-state index < -0.39 is 0 Å². The highest BCUT2D eigenvalue weighted by atomic mass is 32.2. The Kier molecular flexibility index (Phi) is 4.10. The normalized spacial score (nSPS) is 34.0. The van der Waals surface area contributed by atoms with E-state index in [0.29, 0.717) is 6.10 Å². The Morgan fingerprint density at radius 2 is 2.44 bits per heavy atom.